The van der Waals surface area contributed by atoms with Crippen LogP contribution in [0.25, 0.3) is 0 Å². The van der Waals surface area contributed by atoms with Crippen LogP contribution in [0, 0.1) is 0 Å². The van der Waals surface area contributed by atoms with Gasteiger partial charge in [0.05, 0.1) is 0 Å². The predicted molar refractivity (Wildman–Crippen MR) is 66.0 cm³/mol. The van der Waals surface area contributed by atoms with Gasteiger partial charge in [-0.3, -0.25) is 0 Å². The first-order chi connectivity index (χ1) is 7.48. The lowest BCUT2D eigenvalue weighted by Crippen LogP contribution is -2.51. The highest BCUT2D eigenvalue weighted by molar-refractivity contribution is 7.86. The summed E-state index contributed by atoms with van der Waals surface area (Å²) < 4.78 is 27.1. The van der Waals surface area contributed by atoms with E-state index in [4.69, 9.17) is 11.6 Å². The summed E-state index contributed by atoms with van der Waals surface area (Å²) in [6, 6.07) is 0. The first-order valence-corrected chi connectivity index (χ1v) is 7.37. The van der Waals surface area contributed by atoms with E-state index in [1.165, 1.54) is 4.31 Å². The van der Waals surface area contributed by atoms with E-state index in [1.807, 2.05) is 7.05 Å². The Bertz CT molecular complexity index is 302. The largest absolute Gasteiger partial charge is 0.304 e. The van der Waals surface area contributed by atoms with Gasteiger partial charge in [0.2, 0.25) is 0 Å². The third-order valence-corrected chi connectivity index (χ3v) is 5.04. The fourth-order valence-electron chi connectivity index (χ4n) is 1.61. The molecule has 5 nitrogen and oxygen atoms in total. The van der Waals surface area contributed by atoms with Gasteiger partial charge in [0.15, 0.2) is 0 Å². The summed E-state index contributed by atoms with van der Waals surface area (Å²) in [5.41, 5.74) is 0. The van der Waals surface area contributed by atoms with E-state index in [0.717, 1.165) is 13.1 Å². The molecule has 0 aliphatic carbocycles. The summed E-state index contributed by atoms with van der Waals surface area (Å²) in [4.78, 5) is 2.13. The summed E-state index contributed by atoms with van der Waals surface area (Å²) >= 11 is 5.56. The van der Waals surface area contributed by atoms with Gasteiger partial charge in [0.1, 0.15) is 0 Å². The smallest absolute Gasteiger partial charge is 0.281 e. The summed E-state index contributed by atoms with van der Waals surface area (Å²) in [7, 11) is 0.336. The lowest BCUT2D eigenvalue weighted by Gasteiger charge is -2.34. The van der Waals surface area contributed by atoms with E-state index in [0.29, 0.717) is 31.9 Å². The highest BCUT2D eigenvalue weighted by Gasteiger charge is 2.28. The molecule has 1 aliphatic heterocycles. The van der Waals surface area contributed by atoms with Gasteiger partial charge < -0.3 is 4.90 Å². The van der Waals surface area contributed by atoms with Crippen LogP contribution in [-0.2, 0) is 10.2 Å². The van der Waals surface area contributed by atoms with Crippen LogP contribution in [0.2, 0.25) is 0 Å². The molecule has 1 saturated heterocycles. The van der Waals surface area contributed by atoms with Crippen LogP contribution in [0.15, 0.2) is 0 Å². The summed E-state index contributed by atoms with van der Waals surface area (Å²) in [6.07, 6.45) is 0.686. The molecule has 0 aromatic heterocycles. The van der Waals surface area contributed by atoms with Gasteiger partial charge in [-0.15, -0.1) is 11.6 Å². The zero-order valence-corrected chi connectivity index (χ0v) is 11.5. The lowest BCUT2D eigenvalue weighted by molar-refractivity contribution is 0.214. The second-order valence-corrected chi connectivity index (χ2v) is 6.49. The van der Waals surface area contributed by atoms with Gasteiger partial charge in [-0.05, 0) is 13.5 Å². The highest BCUT2D eigenvalue weighted by Crippen LogP contribution is 2.10. The molecule has 1 aliphatic rings. The second kappa shape index (κ2) is 6.16. The van der Waals surface area contributed by atoms with Gasteiger partial charge in [-0.2, -0.15) is 17.0 Å². The minimum Gasteiger partial charge on any atom is -0.304 e. The average Bonchev–Trinajstić information content (AvgIpc) is 2.26. The molecule has 0 radical (unpaired) electrons. The average molecular weight is 270 g/mol. The number of hydrogen-bond donors (Lipinski definition) is 0. The molecular formula is C9H20ClN3O2S. The highest BCUT2D eigenvalue weighted by atomic mass is 35.5. The van der Waals surface area contributed by atoms with Crippen LogP contribution in [-0.4, -0.2) is 74.6 Å². The molecule has 0 unspecified atom stereocenters. The summed E-state index contributed by atoms with van der Waals surface area (Å²) in [5, 5.41) is 0. The van der Waals surface area contributed by atoms with Crippen LogP contribution in [0.1, 0.15) is 6.42 Å². The van der Waals surface area contributed by atoms with Crippen LogP contribution in [0.5, 0.6) is 0 Å². The van der Waals surface area contributed by atoms with Crippen LogP contribution in [0.3, 0.4) is 0 Å². The van der Waals surface area contributed by atoms with Crippen molar-refractivity contribution < 1.29 is 8.42 Å². The van der Waals surface area contributed by atoms with E-state index >= 15 is 0 Å². The number of likely N-dealkylation sites (N-methyl/N-ethyl adjacent to an activating group) is 1. The molecule has 1 rings (SSSR count). The summed E-state index contributed by atoms with van der Waals surface area (Å²) in [5.74, 6) is 0.489. The van der Waals surface area contributed by atoms with Crippen LogP contribution < -0.4 is 0 Å². The standard InChI is InChI=1S/C9H20ClN3O2S/c1-11-6-8-13(9-7-11)16(14,15)12(2)5-3-4-10/h3-9H2,1-2H3. The van der Waals surface area contributed by atoms with Crippen LogP contribution in [0.4, 0.5) is 0 Å². The molecule has 0 saturated carbocycles. The van der Waals surface area contributed by atoms with Crippen LogP contribution >= 0.6 is 11.6 Å². The third kappa shape index (κ3) is 3.56. The zero-order chi connectivity index (χ0) is 12.2. The van der Waals surface area contributed by atoms with Gasteiger partial charge in [-0.25, -0.2) is 0 Å². The van der Waals surface area contributed by atoms with Crippen molar-refractivity contribution in [3.63, 3.8) is 0 Å². The molecule has 16 heavy (non-hydrogen) atoms. The topological polar surface area (TPSA) is 43.9 Å². The maximum atomic E-state index is 12.1. The molecule has 0 spiro atoms. The van der Waals surface area contributed by atoms with Crippen molar-refractivity contribution in [1.82, 2.24) is 13.5 Å². The molecule has 0 N–H and O–H groups in total. The monoisotopic (exact) mass is 269 g/mol. The lowest BCUT2D eigenvalue weighted by atomic mass is 10.4. The van der Waals surface area contributed by atoms with E-state index in [1.54, 1.807) is 11.4 Å². The van der Waals surface area contributed by atoms with Gasteiger partial charge >= 0.3 is 0 Å². The Morgan fingerprint density at radius 1 is 1.25 bits per heavy atom. The molecule has 0 amide bonds. The minimum absolute atomic E-state index is 0.484. The first kappa shape index (κ1) is 14.2. The Balaban J connectivity index is 2.56. The number of nitrogens with zero attached hydrogens (tertiary/aromatic N) is 3. The maximum absolute atomic E-state index is 12.1. The van der Waals surface area contributed by atoms with Crippen molar-refractivity contribution in [2.24, 2.45) is 0 Å². The van der Waals surface area contributed by atoms with E-state index in [2.05, 4.69) is 4.90 Å². The Hall–Kier alpha value is 0.120. The summed E-state index contributed by atoms with van der Waals surface area (Å²) in [6.45, 7) is 3.22. The number of hydrogen-bond acceptors (Lipinski definition) is 3. The number of halogens is 1. The van der Waals surface area contributed by atoms with Gasteiger partial charge in [0.25, 0.3) is 10.2 Å². The van der Waals surface area contributed by atoms with Crippen molar-refractivity contribution in [2.45, 2.75) is 6.42 Å². The first-order valence-electron chi connectivity index (χ1n) is 5.44. The fraction of sp³-hybridized carbons (Fsp3) is 1.00. The Morgan fingerprint density at radius 2 is 1.81 bits per heavy atom. The van der Waals surface area contributed by atoms with Crippen molar-refractivity contribution in [1.29, 1.82) is 0 Å². The number of rotatable bonds is 5. The molecule has 96 valence electrons. The molecule has 0 aromatic carbocycles. The van der Waals surface area contributed by atoms with Gasteiger partial charge in [-0.1, -0.05) is 0 Å². The van der Waals surface area contributed by atoms with E-state index in [-0.39, 0.29) is 0 Å². The quantitative estimate of drug-likeness (QED) is 0.662. The fourth-order valence-corrected chi connectivity index (χ4v) is 3.11. The number of alkyl halides is 1. The predicted octanol–water partition coefficient (Wildman–Crippen LogP) is 0.0393. The van der Waals surface area contributed by atoms with E-state index in [9.17, 15) is 8.42 Å². The van der Waals surface area contributed by atoms with E-state index < -0.39 is 10.2 Å². The second-order valence-electron chi connectivity index (χ2n) is 4.07. The van der Waals surface area contributed by atoms with Crippen molar-refractivity contribution in [3.8, 4) is 0 Å². The van der Waals surface area contributed by atoms with Crippen molar-refractivity contribution in [3.05, 3.63) is 0 Å². The normalized spacial score (nSPS) is 20.5. The molecule has 0 aromatic rings. The molecule has 1 fully saturated rings. The molecule has 0 atom stereocenters. The molecule has 7 heteroatoms. The van der Waals surface area contributed by atoms with Crippen molar-refractivity contribution >= 4 is 21.8 Å². The Kier molecular flexibility index (Phi) is 5.46. The zero-order valence-electron chi connectivity index (χ0n) is 9.89. The Morgan fingerprint density at radius 3 is 2.31 bits per heavy atom. The molecule has 0 bridgehead atoms. The Labute approximate surface area is 103 Å². The van der Waals surface area contributed by atoms with Crippen molar-refractivity contribution in [2.75, 3.05) is 52.7 Å². The minimum atomic E-state index is -3.28. The SMILES string of the molecule is CN1CCN(S(=O)(=O)N(C)CCCCl)CC1. The maximum Gasteiger partial charge on any atom is 0.281 e. The third-order valence-electron chi connectivity index (χ3n) is 2.79. The molecule has 1 heterocycles. The number of piperazine rings is 1. The molecular weight excluding hydrogens is 250 g/mol. The van der Waals surface area contributed by atoms with Gasteiger partial charge in [0, 0.05) is 45.7 Å².